The lowest BCUT2D eigenvalue weighted by atomic mass is 9.87. The van der Waals surface area contributed by atoms with Crippen LogP contribution in [0, 0.1) is 23.0 Å². The fourth-order valence-electron chi connectivity index (χ4n) is 5.17. The monoisotopic (exact) mass is 537 g/mol. The van der Waals surface area contributed by atoms with Crippen LogP contribution in [-0.4, -0.2) is 51.4 Å². The second-order valence-corrected chi connectivity index (χ2v) is 11.0. The molecule has 0 saturated carbocycles. The number of piperidine rings is 1. The summed E-state index contributed by atoms with van der Waals surface area (Å²) in [4.78, 5) is 32.0. The molecule has 5 rings (SSSR count). The third-order valence-corrected chi connectivity index (χ3v) is 7.18. The molecule has 39 heavy (non-hydrogen) atoms. The minimum Gasteiger partial charge on any atom is -0.444 e. The number of likely N-dealkylation sites (tertiary alicyclic amines) is 1. The average Bonchev–Trinajstić information content (AvgIpc) is 3.29. The van der Waals surface area contributed by atoms with E-state index in [0.717, 1.165) is 12.1 Å². The van der Waals surface area contributed by atoms with Gasteiger partial charge in [0, 0.05) is 18.8 Å². The van der Waals surface area contributed by atoms with E-state index in [1.165, 1.54) is 12.4 Å². The number of nitrogens with one attached hydrogen (secondary N) is 1. The molecule has 0 aliphatic carbocycles. The molecule has 1 N–H and O–H groups in total. The number of halogens is 2. The van der Waals surface area contributed by atoms with Crippen molar-refractivity contribution in [1.29, 1.82) is 5.26 Å². The van der Waals surface area contributed by atoms with Crippen molar-refractivity contribution in [2.75, 3.05) is 25.0 Å². The molecular formula is C28H29F2N5O4. The number of rotatable bonds is 3. The Kier molecular flexibility index (Phi) is 6.76. The summed E-state index contributed by atoms with van der Waals surface area (Å²) in [7, 11) is 0. The van der Waals surface area contributed by atoms with E-state index in [1.807, 2.05) is 20.8 Å². The molecule has 11 heteroatoms. The highest BCUT2D eigenvalue weighted by atomic mass is 19.1. The zero-order chi connectivity index (χ0) is 27.9. The summed E-state index contributed by atoms with van der Waals surface area (Å²) in [5.41, 5.74) is -1.29. The Balaban J connectivity index is 1.34. The van der Waals surface area contributed by atoms with Gasteiger partial charge in [-0.1, -0.05) is 0 Å². The van der Waals surface area contributed by atoms with Crippen molar-refractivity contribution in [3.05, 3.63) is 64.2 Å². The smallest absolute Gasteiger partial charge is 0.410 e. The first kappa shape index (κ1) is 26.6. The summed E-state index contributed by atoms with van der Waals surface area (Å²) in [5.74, 6) is -1.64. The molecule has 2 saturated heterocycles. The molecular weight excluding hydrogens is 508 g/mol. The first-order chi connectivity index (χ1) is 18.5. The van der Waals surface area contributed by atoms with Gasteiger partial charge in [0.05, 0.1) is 41.2 Å². The summed E-state index contributed by atoms with van der Waals surface area (Å²) in [6.45, 7) is 6.83. The fraction of sp³-hybridized carbons (Fsp3) is 0.429. The predicted molar refractivity (Wildman–Crippen MR) is 140 cm³/mol. The number of nitrogens with zero attached hydrogens (tertiary/aromatic N) is 4. The molecule has 204 valence electrons. The molecule has 1 aromatic heterocycles. The molecule has 0 radical (unpaired) electrons. The molecule has 3 aromatic rings. The summed E-state index contributed by atoms with van der Waals surface area (Å²) in [6, 6.07) is 7.94. The molecule has 1 atom stereocenters. The molecule has 1 spiro atoms. The van der Waals surface area contributed by atoms with Gasteiger partial charge in [-0.25, -0.2) is 18.6 Å². The molecule has 2 aromatic carbocycles. The van der Waals surface area contributed by atoms with E-state index in [4.69, 9.17) is 9.47 Å². The first-order valence-electron chi connectivity index (χ1n) is 12.8. The number of ether oxygens (including phenoxy) is 2. The SMILES string of the molecule is CC(C)(C)OC(=O)N1CCC2(CC1)CC(n1cnc3ccc(Nc4c(F)ccc(F)c4C#N)cc3c1=O)CO2. The minimum absolute atomic E-state index is 0.245. The van der Waals surface area contributed by atoms with E-state index < -0.39 is 28.4 Å². The maximum Gasteiger partial charge on any atom is 0.410 e. The number of aromatic nitrogens is 2. The van der Waals surface area contributed by atoms with Gasteiger partial charge in [-0.05, 0) is 70.4 Å². The molecule has 0 bridgehead atoms. The van der Waals surface area contributed by atoms with Crippen LogP contribution >= 0.6 is 0 Å². The Morgan fingerprint density at radius 2 is 1.92 bits per heavy atom. The lowest BCUT2D eigenvalue weighted by Crippen LogP contribution is -2.48. The topological polar surface area (TPSA) is 109 Å². The lowest BCUT2D eigenvalue weighted by molar-refractivity contribution is -0.0486. The van der Waals surface area contributed by atoms with E-state index in [-0.39, 0.29) is 23.4 Å². The zero-order valence-electron chi connectivity index (χ0n) is 22.0. The maximum atomic E-state index is 14.4. The minimum atomic E-state index is -0.849. The number of carbonyl (C=O) groups is 1. The number of hydrogen-bond donors (Lipinski definition) is 1. The van der Waals surface area contributed by atoms with E-state index in [0.29, 0.717) is 55.5 Å². The Morgan fingerprint density at radius 1 is 1.21 bits per heavy atom. The largest absolute Gasteiger partial charge is 0.444 e. The number of benzene rings is 2. The molecule has 3 heterocycles. The Morgan fingerprint density at radius 3 is 2.62 bits per heavy atom. The van der Waals surface area contributed by atoms with Crippen molar-refractivity contribution >= 4 is 28.4 Å². The number of hydrogen-bond acceptors (Lipinski definition) is 7. The van der Waals surface area contributed by atoms with Crippen LogP contribution in [0.4, 0.5) is 25.0 Å². The highest BCUT2D eigenvalue weighted by Gasteiger charge is 2.44. The van der Waals surface area contributed by atoms with Crippen molar-refractivity contribution in [2.45, 2.75) is 57.3 Å². The lowest BCUT2D eigenvalue weighted by Gasteiger charge is -2.39. The Labute approximate surface area is 224 Å². The molecule has 2 aliphatic rings. The maximum absolute atomic E-state index is 14.4. The van der Waals surface area contributed by atoms with Gasteiger partial charge in [-0.3, -0.25) is 9.36 Å². The van der Waals surface area contributed by atoms with Gasteiger partial charge in [-0.15, -0.1) is 0 Å². The van der Waals surface area contributed by atoms with E-state index in [1.54, 1.807) is 27.7 Å². The number of fused-ring (bicyclic) bond motifs is 1. The van der Waals surface area contributed by atoms with Crippen molar-refractivity contribution in [3.63, 3.8) is 0 Å². The van der Waals surface area contributed by atoms with Gasteiger partial charge in [-0.2, -0.15) is 5.26 Å². The Hall–Kier alpha value is -4.04. The van der Waals surface area contributed by atoms with Crippen LogP contribution in [-0.2, 0) is 9.47 Å². The summed E-state index contributed by atoms with van der Waals surface area (Å²) in [5, 5.41) is 12.3. The van der Waals surface area contributed by atoms with Crippen LogP contribution in [0.2, 0.25) is 0 Å². The summed E-state index contributed by atoms with van der Waals surface area (Å²) in [6.07, 6.45) is 3.02. The zero-order valence-corrected chi connectivity index (χ0v) is 22.0. The van der Waals surface area contributed by atoms with Crippen LogP contribution in [0.15, 0.2) is 41.5 Å². The second kappa shape index (κ2) is 9.93. The quantitative estimate of drug-likeness (QED) is 0.500. The van der Waals surface area contributed by atoms with Gasteiger partial charge in [0.25, 0.3) is 5.56 Å². The Bertz CT molecular complexity index is 1530. The standard InChI is InChI=1S/C28H29F2N5O4/c1-27(2,3)39-26(37)34-10-8-28(9-11-34)13-18(15-38-28)35-16-32-23-7-4-17(12-19(23)25(35)36)33-24-20(14-31)21(29)5-6-22(24)30/h4-7,12,16,18,33H,8-11,13,15H2,1-3H3. The summed E-state index contributed by atoms with van der Waals surface area (Å²) >= 11 is 0. The van der Waals surface area contributed by atoms with Crippen molar-refractivity contribution < 1.29 is 23.0 Å². The van der Waals surface area contributed by atoms with Crippen molar-refractivity contribution in [3.8, 4) is 6.07 Å². The van der Waals surface area contributed by atoms with Crippen LogP contribution in [0.3, 0.4) is 0 Å². The highest BCUT2D eigenvalue weighted by Crippen LogP contribution is 2.40. The molecule has 1 unspecified atom stereocenters. The number of nitriles is 1. The van der Waals surface area contributed by atoms with Gasteiger partial charge in [0.2, 0.25) is 0 Å². The normalized spacial score (nSPS) is 18.8. The predicted octanol–water partition coefficient (Wildman–Crippen LogP) is 5.02. The van der Waals surface area contributed by atoms with Crippen LogP contribution in [0.25, 0.3) is 10.9 Å². The molecule has 9 nitrogen and oxygen atoms in total. The molecule has 2 aliphatic heterocycles. The van der Waals surface area contributed by atoms with Gasteiger partial charge in [0.1, 0.15) is 28.9 Å². The van der Waals surface area contributed by atoms with Crippen LogP contribution < -0.4 is 10.9 Å². The second-order valence-electron chi connectivity index (χ2n) is 11.0. The first-order valence-corrected chi connectivity index (χ1v) is 12.8. The van der Waals surface area contributed by atoms with E-state index in [2.05, 4.69) is 10.3 Å². The van der Waals surface area contributed by atoms with Crippen molar-refractivity contribution in [2.24, 2.45) is 0 Å². The van der Waals surface area contributed by atoms with Crippen LogP contribution in [0.1, 0.15) is 51.6 Å². The fourth-order valence-corrected chi connectivity index (χ4v) is 5.17. The van der Waals surface area contributed by atoms with E-state index >= 15 is 0 Å². The molecule has 2 fully saturated rings. The summed E-state index contributed by atoms with van der Waals surface area (Å²) < 4.78 is 41.6. The molecule has 1 amide bonds. The highest BCUT2D eigenvalue weighted by molar-refractivity contribution is 5.83. The number of amides is 1. The number of carbonyl (C=O) groups excluding carboxylic acids is 1. The van der Waals surface area contributed by atoms with E-state index in [9.17, 15) is 23.6 Å². The van der Waals surface area contributed by atoms with Crippen molar-refractivity contribution in [1.82, 2.24) is 14.5 Å². The third-order valence-electron chi connectivity index (χ3n) is 7.18. The van der Waals surface area contributed by atoms with Gasteiger partial charge in [0.15, 0.2) is 0 Å². The number of anilines is 2. The van der Waals surface area contributed by atoms with Gasteiger partial charge < -0.3 is 19.7 Å². The van der Waals surface area contributed by atoms with Gasteiger partial charge >= 0.3 is 6.09 Å². The average molecular weight is 538 g/mol. The van der Waals surface area contributed by atoms with Crippen LogP contribution in [0.5, 0.6) is 0 Å². The third kappa shape index (κ3) is 5.29.